The van der Waals surface area contributed by atoms with Crippen LogP contribution in [0.3, 0.4) is 0 Å². The Hall–Kier alpha value is -1.65. The zero-order valence-electron chi connectivity index (χ0n) is 12.0. The minimum Gasteiger partial charge on any atom is -0.493 e. The van der Waals surface area contributed by atoms with Crippen molar-refractivity contribution in [2.45, 2.75) is 19.8 Å². The van der Waals surface area contributed by atoms with Gasteiger partial charge >= 0.3 is 0 Å². The molecule has 0 atom stereocenters. The summed E-state index contributed by atoms with van der Waals surface area (Å²) in [6.45, 7) is 4.27. The van der Waals surface area contributed by atoms with Gasteiger partial charge in [0.2, 0.25) is 0 Å². The molecule has 0 fully saturated rings. The molecule has 0 unspecified atom stereocenters. The number of benzene rings is 1. The minimum atomic E-state index is 0.404. The maximum absolute atomic E-state index is 6.45. The van der Waals surface area contributed by atoms with Crippen LogP contribution in [-0.2, 0) is 0 Å². The van der Waals surface area contributed by atoms with Crippen molar-refractivity contribution in [3.8, 4) is 16.3 Å². The molecule has 1 radical (unpaired) electrons. The zero-order chi connectivity index (χ0) is 15.0. The molecule has 5 heteroatoms. The molecular formula is C16H14ClN2OS. The fourth-order valence-corrected chi connectivity index (χ4v) is 3.46. The maximum Gasteiger partial charge on any atom is 0.166 e. The first-order chi connectivity index (χ1) is 10.1. The highest BCUT2D eigenvalue weighted by molar-refractivity contribution is 7.13. The van der Waals surface area contributed by atoms with Crippen LogP contribution in [0.15, 0.2) is 23.6 Å². The zero-order valence-corrected chi connectivity index (χ0v) is 13.5. The summed E-state index contributed by atoms with van der Waals surface area (Å²) in [6, 6.07) is 5.88. The van der Waals surface area contributed by atoms with Crippen molar-refractivity contribution >= 4 is 33.8 Å². The van der Waals surface area contributed by atoms with E-state index in [4.69, 9.17) is 21.3 Å². The van der Waals surface area contributed by atoms with Gasteiger partial charge < -0.3 is 4.74 Å². The molecule has 3 aromatic rings. The van der Waals surface area contributed by atoms with Gasteiger partial charge in [0.1, 0.15) is 11.2 Å². The first-order valence-electron chi connectivity index (χ1n) is 6.61. The number of fused-ring (bicyclic) bond motifs is 1. The topological polar surface area (TPSA) is 35.0 Å². The van der Waals surface area contributed by atoms with Crippen LogP contribution in [0.25, 0.3) is 21.5 Å². The Morgan fingerprint density at radius 1 is 1.33 bits per heavy atom. The molecule has 1 aromatic carbocycles. The van der Waals surface area contributed by atoms with Crippen molar-refractivity contribution in [1.82, 2.24) is 9.97 Å². The summed E-state index contributed by atoms with van der Waals surface area (Å²) in [5.41, 5.74) is 2.86. The summed E-state index contributed by atoms with van der Waals surface area (Å²) in [5.74, 6) is 0.860. The Bertz CT molecular complexity index is 798. The molecule has 107 valence electrons. The Labute approximate surface area is 132 Å². The third kappa shape index (κ3) is 2.49. The monoisotopic (exact) mass is 317 g/mol. The molecule has 0 amide bonds. The average molecular weight is 318 g/mol. The Morgan fingerprint density at radius 2 is 2.14 bits per heavy atom. The predicted octanol–water partition coefficient (Wildman–Crippen LogP) is 4.94. The molecular weight excluding hydrogens is 304 g/mol. The lowest BCUT2D eigenvalue weighted by molar-refractivity contribution is 0.413. The van der Waals surface area contributed by atoms with E-state index in [1.807, 2.05) is 18.2 Å². The van der Waals surface area contributed by atoms with Gasteiger partial charge in [0.15, 0.2) is 5.75 Å². The van der Waals surface area contributed by atoms with Gasteiger partial charge in [0.05, 0.1) is 23.3 Å². The smallest absolute Gasteiger partial charge is 0.166 e. The lowest BCUT2D eigenvalue weighted by Gasteiger charge is -2.08. The number of ether oxygens (including phenoxy) is 1. The number of thiazole rings is 1. The van der Waals surface area contributed by atoms with E-state index >= 15 is 0 Å². The van der Waals surface area contributed by atoms with E-state index in [1.54, 1.807) is 18.4 Å². The SMILES string of the molecule is COc1[c]nc2cccc(-c3nc(C(C)C)cs3)c2c1Cl. The number of pyridine rings is 1. The summed E-state index contributed by atoms with van der Waals surface area (Å²) in [6.07, 6.45) is 2.81. The lowest BCUT2D eigenvalue weighted by atomic mass is 10.1. The Balaban J connectivity index is 2.26. The number of rotatable bonds is 3. The first-order valence-corrected chi connectivity index (χ1v) is 7.87. The second-order valence-corrected chi connectivity index (χ2v) is 6.24. The molecule has 0 saturated heterocycles. The number of hydrogen-bond donors (Lipinski definition) is 0. The van der Waals surface area contributed by atoms with E-state index in [1.165, 1.54) is 0 Å². The molecule has 0 N–H and O–H groups in total. The van der Waals surface area contributed by atoms with Crippen LogP contribution in [0, 0.1) is 6.20 Å². The van der Waals surface area contributed by atoms with Gasteiger partial charge in [-0.05, 0) is 12.0 Å². The molecule has 21 heavy (non-hydrogen) atoms. The standard InChI is InChI=1S/C16H14ClN2OS/c1-9(2)12-8-21-16(19-12)10-5-4-6-11-14(10)15(17)13(20-3)7-18-11/h4-6,8-9H,1-3H3. The third-order valence-electron chi connectivity index (χ3n) is 3.29. The first kappa shape index (κ1) is 14.3. The minimum absolute atomic E-state index is 0.404. The van der Waals surface area contributed by atoms with Gasteiger partial charge in [-0.2, -0.15) is 0 Å². The van der Waals surface area contributed by atoms with E-state index in [2.05, 4.69) is 30.4 Å². The molecule has 2 heterocycles. The number of aromatic nitrogens is 2. The fourth-order valence-electron chi connectivity index (χ4n) is 2.13. The molecule has 0 spiro atoms. The highest BCUT2D eigenvalue weighted by Crippen LogP contribution is 2.38. The quantitative estimate of drug-likeness (QED) is 0.686. The van der Waals surface area contributed by atoms with E-state index < -0.39 is 0 Å². The largest absolute Gasteiger partial charge is 0.493 e. The Kier molecular flexibility index (Phi) is 3.83. The van der Waals surface area contributed by atoms with Crippen LogP contribution < -0.4 is 4.74 Å². The number of nitrogens with zero attached hydrogens (tertiary/aromatic N) is 2. The molecule has 3 rings (SSSR count). The normalized spacial score (nSPS) is 11.3. The highest BCUT2D eigenvalue weighted by atomic mass is 35.5. The number of methoxy groups -OCH3 is 1. The van der Waals surface area contributed by atoms with E-state index in [0.29, 0.717) is 16.7 Å². The molecule has 0 bridgehead atoms. The van der Waals surface area contributed by atoms with E-state index in [0.717, 1.165) is 27.2 Å². The summed E-state index contributed by atoms with van der Waals surface area (Å²) < 4.78 is 5.22. The second kappa shape index (κ2) is 5.62. The fraction of sp³-hybridized carbons (Fsp3) is 0.250. The maximum atomic E-state index is 6.45. The van der Waals surface area contributed by atoms with Gasteiger partial charge in [-0.25, -0.2) is 9.97 Å². The summed E-state index contributed by atoms with van der Waals surface area (Å²) in [5, 5.41) is 4.42. The van der Waals surface area contributed by atoms with Crippen LogP contribution in [0.5, 0.6) is 5.75 Å². The second-order valence-electron chi connectivity index (χ2n) is 5.00. The van der Waals surface area contributed by atoms with Crippen LogP contribution in [0.4, 0.5) is 0 Å². The van der Waals surface area contributed by atoms with Crippen LogP contribution in [0.2, 0.25) is 5.02 Å². The van der Waals surface area contributed by atoms with E-state index in [9.17, 15) is 0 Å². The van der Waals surface area contributed by atoms with E-state index in [-0.39, 0.29) is 0 Å². The number of halogens is 1. The van der Waals surface area contributed by atoms with Crippen LogP contribution in [-0.4, -0.2) is 17.1 Å². The Morgan fingerprint density at radius 3 is 2.81 bits per heavy atom. The van der Waals surface area contributed by atoms with Crippen molar-refractivity contribution in [3.63, 3.8) is 0 Å². The van der Waals surface area contributed by atoms with Crippen molar-refractivity contribution < 1.29 is 4.74 Å². The van der Waals surface area contributed by atoms with Crippen molar-refractivity contribution in [1.29, 1.82) is 0 Å². The van der Waals surface area contributed by atoms with Crippen LogP contribution >= 0.6 is 22.9 Å². The number of hydrogen-bond acceptors (Lipinski definition) is 4. The van der Waals surface area contributed by atoms with Gasteiger partial charge in [0, 0.05) is 16.3 Å². The molecule has 0 aliphatic rings. The third-order valence-corrected chi connectivity index (χ3v) is 4.54. The van der Waals surface area contributed by atoms with Crippen molar-refractivity contribution in [2.24, 2.45) is 0 Å². The highest BCUT2D eigenvalue weighted by Gasteiger charge is 2.15. The van der Waals surface area contributed by atoms with Gasteiger partial charge in [-0.1, -0.05) is 37.6 Å². The molecule has 3 nitrogen and oxygen atoms in total. The van der Waals surface area contributed by atoms with Gasteiger partial charge in [0.25, 0.3) is 0 Å². The predicted molar refractivity (Wildman–Crippen MR) is 87.3 cm³/mol. The van der Waals surface area contributed by atoms with Crippen molar-refractivity contribution in [2.75, 3.05) is 7.11 Å². The average Bonchev–Trinajstić information content (AvgIpc) is 2.97. The summed E-state index contributed by atoms with van der Waals surface area (Å²) >= 11 is 8.07. The van der Waals surface area contributed by atoms with Gasteiger partial charge in [-0.15, -0.1) is 11.3 Å². The van der Waals surface area contributed by atoms with Crippen molar-refractivity contribution in [3.05, 3.63) is 40.5 Å². The van der Waals surface area contributed by atoms with Gasteiger partial charge in [-0.3, -0.25) is 0 Å². The molecule has 2 aromatic heterocycles. The molecule has 0 aliphatic heterocycles. The summed E-state index contributed by atoms with van der Waals surface area (Å²) in [4.78, 5) is 8.99. The molecule has 0 aliphatic carbocycles. The summed E-state index contributed by atoms with van der Waals surface area (Å²) in [7, 11) is 1.56. The van der Waals surface area contributed by atoms with Crippen LogP contribution in [0.1, 0.15) is 25.5 Å². The lowest BCUT2D eigenvalue weighted by Crippen LogP contribution is -1.91. The molecule has 0 saturated carbocycles.